The summed E-state index contributed by atoms with van der Waals surface area (Å²) in [5.41, 5.74) is 0. The second-order valence-corrected chi connectivity index (χ2v) is 2.73. The molecule has 1 aliphatic rings. The molecule has 0 radical (unpaired) electrons. The third-order valence-corrected chi connectivity index (χ3v) is 2.38. The Kier molecular flexibility index (Phi) is 1.37. The second-order valence-electron chi connectivity index (χ2n) is 1.62. The summed E-state index contributed by atoms with van der Waals surface area (Å²) < 4.78 is 0. The summed E-state index contributed by atoms with van der Waals surface area (Å²) >= 11 is 7.57. The van der Waals surface area contributed by atoms with Crippen LogP contribution < -0.4 is 0 Å². The molecule has 2 nitrogen and oxygen atoms in total. The van der Waals surface area contributed by atoms with Crippen molar-refractivity contribution >= 4 is 36.8 Å². The van der Waals surface area contributed by atoms with E-state index in [1.165, 1.54) is 0 Å². The molecular weight excluding hydrogens is 144 g/mol. The van der Waals surface area contributed by atoms with Crippen LogP contribution in [0.3, 0.4) is 0 Å². The van der Waals surface area contributed by atoms with Crippen LogP contribution in [0.5, 0.6) is 0 Å². The summed E-state index contributed by atoms with van der Waals surface area (Å²) in [5, 5.41) is -0.906. The highest BCUT2D eigenvalue weighted by Crippen LogP contribution is 2.22. The molecule has 2 atom stereocenters. The Morgan fingerprint density at radius 3 is 1.38 bits per heavy atom. The van der Waals surface area contributed by atoms with E-state index in [1.807, 2.05) is 0 Å². The van der Waals surface area contributed by atoms with E-state index in [-0.39, 0.29) is 0 Å². The molecule has 4 heteroatoms. The van der Waals surface area contributed by atoms with Crippen LogP contribution in [0.4, 0.5) is 0 Å². The van der Waals surface area contributed by atoms with Gasteiger partial charge < -0.3 is 0 Å². The Labute approximate surface area is 57.5 Å². The molecule has 8 heavy (non-hydrogen) atoms. The number of Topliss-reactive ketones (excluding diaryl/α,β-unsaturated/α-hetero) is 2. The summed E-state index contributed by atoms with van der Waals surface area (Å²) in [4.78, 5) is 20.6. The molecule has 1 saturated carbocycles. The van der Waals surface area contributed by atoms with Crippen molar-refractivity contribution < 1.29 is 9.59 Å². The highest BCUT2D eigenvalue weighted by Gasteiger charge is 2.44. The van der Waals surface area contributed by atoms with Crippen molar-refractivity contribution in [1.82, 2.24) is 0 Å². The van der Waals surface area contributed by atoms with Crippen LogP contribution in [0.15, 0.2) is 0 Å². The lowest BCUT2D eigenvalue weighted by atomic mass is 9.95. The molecule has 1 fully saturated rings. The lowest BCUT2D eigenvalue weighted by molar-refractivity contribution is -0.140. The van der Waals surface area contributed by atoms with E-state index in [9.17, 15) is 9.59 Å². The fourth-order valence-corrected chi connectivity index (χ4v) is 1.01. The van der Waals surface area contributed by atoms with Crippen molar-refractivity contribution in [3.8, 4) is 0 Å². The van der Waals surface area contributed by atoms with Crippen LogP contribution in [0.25, 0.3) is 0 Å². The number of rotatable bonds is 0. The van der Waals surface area contributed by atoms with Gasteiger partial charge in [-0.2, -0.15) is 25.3 Å². The molecule has 0 aliphatic heterocycles. The molecule has 0 heterocycles. The topological polar surface area (TPSA) is 34.1 Å². The Balaban J connectivity index is 2.68. The number of carbonyl (C=O) groups excluding carboxylic acids is 2. The van der Waals surface area contributed by atoms with Crippen molar-refractivity contribution in [2.24, 2.45) is 0 Å². The van der Waals surface area contributed by atoms with Gasteiger partial charge >= 0.3 is 0 Å². The van der Waals surface area contributed by atoms with Crippen molar-refractivity contribution in [3.05, 3.63) is 0 Å². The number of carbonyl (C=O) groups is 2. The molecule has 1 aliphatic carbocycles. The number of thiol groups is 2. The summed E-state index contributed by atoms with van der Waals surface area (Å²) in [7, 11) is 0. The quantitative estimate of drug-likeness (QED) is 0.366. The Morgan fingerprint density at radius 1 is 1.00 bits per heavy atom. The van der Waals surface area contributed by atoms with E-state index >= 15 is 0 Å². The lowest BCUT2D eigenvalue weighted by Gasteiger charge is -2.23. The fourth-order valence-electron chi connectivity index (χ4n) is 0.482. The molecule has 44 valence electrons. The average Bonchev–Trinajstić information content (AvgIpc) is 1.83. The maximum atomic E-state index is 10.3. The van der Waals surface area contributed by atoms with Crippen LogP contribution in [-0.2, 0) is 9.59 Å². The van der Waals surface area contributed by atoms with E-state index in [0.717, 1.165) is 0 Å². The summed E-state index contributed by atoms with van der Waals surface area (Å²) in [6, 6.07) is 0. The molecule has 1 rings (SSSR count). The van der Waals surface area contributed by atoms with Gasteiger partial charge in [-0.25, -0.2) is 0 Å². The highest BCUT2D eigenvalue weighted by molar-refractivity contribution is 7.87. The molecule has 0 amide bonds. The van der Waals surface area contributed by atoms with Gasteiger partial charge in [-0.15, -0.1) is 0 Å². The third-order valence-electron chi connectivity index (χ3n) is 1.08. The molecule has 2 unspecified atom stereocenters. The van der Waals surface area contributed by atoms with Crippen molar-refractivity contribution in [1.29, 1.82) is 0 Å². The first-order valence-corrected chi connectivity index (χ1v) is 3.12. The first-order valence-electron chi connectivity index (χ1n) is 2.09. The van der Waals surface area contributed by atoms with Gasteiger partial charge in [0.25, 0.3) is 0 Å². The molecule has 0 saturated heterocycles. The smallest absolute Gasteiger partial charge is 0.213 e. The molecule has 0 N–H and O–H groups in total. The molecule has 0 aromatic rings. The lowest BCUT2D eigenvalue weighted by Crippen LogP contribution is -2.51. The standard InChI is InChI=1S/C4H4O2S2/c5-1-2(6)4(8)3(1)7/h3-4,7-8H. The first-order chi connectivity index (χ1) is 3.64. The van der Waals surface area contributed by atoms with Crippen molar-refractivity contribution in [2.45, 2.75) is 10.5 Å². The van der Waals surface area contributed by atoms with Gasteiger partial charge in [-0.1, -0.05) is 0 Å². The van der Waals surface area contributed by atoms with Gasteiger partial charge in [0.05, 0.1) is 10.5 Å². The normalized spacial score (nSPS) is 37.2. The van der Waals surface area contributed by atoms with Gasteiger partial charge in [0, 0.05) is 0 Å². The zero-order valence-electron chi connectivity index (χ0n) is 3.87. The Bertz CT molecular complexity index is 136. The zero-order valence-corrected chi connectivity index (χ0v) is 5.65. The third kappa shape index (κ3) is 0.596. The van der Waals surface area contributed by atoms with Crippen LogP contribution in [0.2, 0.25) is 0 Å². The van der Waals surface area contributed by atoms with Crippen LogP contribution >= 0.6 is 25.3 Å². The van der Waals surface area contributed by atoms with E-state index in [1.54, 1.807) is 0 Å². The van der Waals surface area contributed by atoms with Gasteiger partial charge in [0.1, 0.15) is 0 Å². The largest absolute Gasteiger partial charge is 0.290 e. The Morgan fingerprint density at radius 2 is 1.25 bits per heavy atom. The predicted molar refractivity (Wildman–Crippen MR) is 35.6 cm³/mol. The minimum absolute atomic E-state index is 0.409. The monoisotopic (exact) mass is 148 g/mol. The average molecular weight is 148 g/mol. The summed E-state index contributed by atoms with van der Waals surface area (Å²) in [6.45, 7) is 0. The molecule has 0 aromatic heterocycles. The first kappa shape index (κ1) is 6.16. The van der Waals surface area contributed by atoms with Crippen molar-refractivity contribution in [2.75, 3.05) is 0 Å². The summed E-state index contributed by atoms with van der Waals surface area (Å²) in [6.07, 6.45) is 0. The van der Waals surface area contributed by atoms with E-state index in [4.69, 9.17) is 0 Å². The van der Waals surface area contributed by atoms with E-state index in [0.29, 0.717) is 0 Å². The second kappa shape index (κ2) is 1.77. The van der Waals surface area contributed by atoms with Gasteiger partial charge in [0.15, 0.2) is 0 Å². The Hall–Kier alpha value is 0.0400. The molecule has 0 spiro atoms. The van der Waals surface area contributed by atoms with Crippen LogP contribution in [-0.4, -0.2) is 22.1 Å². The molecule has 0 bridgehead atoms. The van der Waals surface area contributed by atoms with Crippen LogP contribution in [0, 0.1) is 0 Å². The fraction of sp³-hybridized carbons (Fsp3) is 0.500. The number of hydrogen-bond acceptors (Lipinski definition) is 4. The highest BCUT2D eigenvalue weighted by atomic mass is 32.1. The predicted octanol–water partition coefficient (Wildman–Crippen LogP) is -0.265. The van der Waals surface area contributed by atoms with Gasteiger partial charge in [-0.3, -0.25) is 9.59 Å². The van der Waals surface area contributed by atoms with Crippen LogP contribution in [0.1, 0.15) is 0 Å². The maximum Gasteiger partial charge on any atom is 0.213 e. The van der Waals surface area contributed by atoms with Gasteiger partial charge in [0.2, 0.25) is 11.6 Å². The SMILES string of the molecule is O=C1C(=O)C(S)C1S. The van der Waals surface area contributed by atoms with Crippen molar-refractivity contribution in [3.63, 3.8) is 0 Å². The number of hydrogen-bond donors (Lipinski definition) is 2. The number of ketones is 2. The molecular formula is C4H4O2S2. The summed E-state index contributed by atoms with van der Waals surface area (Å²) in [5.74, 6) is -0.818. The van der Waals surface area contributed by atoms with E-state index < -0.39 is 22.1 Å². The zero-order chi connectivity index (χ0) is 6.31. The molecule has 0 aromatic carbocycles. The maximum absolute atomic E-state index is 10.3. The van der Waals surface area contributed by atoms with Gasteiger partial charge in [-0.05, 0) is 0 Å². The minimum atomic E-state index is -0.453. The minimum Gasteiger partial charge on any atom is -0.290 e. The van der Waals surface area contributed by atoms with E-state index in [2.05, 4.69) is 25.3 Å².